The third kappa shape index (κ3) is 15.6. The Bertz CT molecular complexity index is 1580. The maximum atomic E-state index is 14.1. The van der Waals surface area contributed by atoms with Crippen molar-refractivity contribution in [3.8, 4) is 0 Å². The summed E-state index contributed by atoms with van der Waals surface area (Å²) in [6.07, 6.45) is 0.274. The largest absolute Gasteiger partial charge is 0.481 e. The molecule has 0 bridgehead atoms. The molecule has 0 aromatic carbocycles. The van der Waals surface area contributed by atoms with E-state index in [2.05, 4.69) is 36.9 Å². The smallest absolute Gasteiger partial charge is 0.305 e. The van der Waals surface area contributed by atoms with Gasteiger partial charge in [0, 0.05) is 20.1 Å². The Morgan fingerprint density at radius 2 is 1.34 bits per heavy atom. The fraction of sp³-hybridized carbons (Fsp3) is 0.737. The summed E-state index contributed by atoms with van der Waals surface area (Å²) in [6.45, 7) is 11.6. The van der Waals surface area contributed by atoms with Gasteiger partial charge in [0.15, 0.2) is 5.96 Å². The number of carboxylic acid groups (broad SMARTS) is 1. The molecule has 11 N–H and O–H groups in total. The number of rotatable bonds is 11. The lowest BCUT2D eigenvalue weighted by molar-refractivity contribution is -0.149. The number of aliphatic imine (C=N–C) groups is 1. The van der Waals surface area contributed by atoms with Crippen molar-refractivity contribution in [1.82, 2.24) is 41.7 Å². The molecule has 21 heteroatoms. The number of guanidine groups is 1. The highest BCUT2D eigenvalue weighted by Crippen LogP contribution is 2.24. The lowest BCUT2D eigenvalue weighted by Crippen LogP contribution is -2.61. The highest BCUT2D eigenvalue weighted by atomic mass is 16.4. The monoisotopic (exact) mass is 835 g/mol. The average Bonchev–Trinajstić information content (AvgIpc) is 3.62. The lowest BCUT2D eigenvalue weighted by atomic mass is 9.99. The number of hydrogen-bond acceptors (Lipinski definition) is 10. The van der Waals surface area contributed by atoms with Gasteiger partial charge in [-0.05, 0) is 63.2 Å². The average molecular weight is 836 g/mol. The van der Waals surface area contributed by atoms with Gasteiger partial charge in [-0.15, -0.1) is 0 Å². The molecule has 7 atom stereocenters. The Morgan fingerprint density at radius 3 is 1.92 bits per heavy atom. The normalized spacial score (nSPS) is 26.3. The van der Waals surface area contributed by atoms with Gasteiger partial charge < -0.3 is 58.3 Å². The van der Waals surface area contributed by atoms with Crippen LogP contribution in [0.2, 0.25) is 0 Å². The van der Waals surface area contributed by atoms with Crippen LogP contribution in [0.4, 0.5) is 0 Å². The predicted octanol–water partition coefficient (Wildman–Crippen LogP) is -2.35. The van der Waals surface area contributed by atoms with Crippen molar-refractivity contribution in [1.29, 1.82) is 0 Å². The van der Waals surface area contributed by atoms with E-state index in [-0.39, 0.29) is 63.0 Å². The molecule has 2 rings (SSSR count). The highest BCUT2D eigenvalue weighted by molar-refractivity contribution is 5.99. The van der Waals surface area contributed by atoms with Crippen LogP contribution in [0.3, 0.4) is 0 Å². The third-order valence-electron chi connectivity index (χ3n) is 9.93. The molecular formula is C38H65N11O10. The number of carboxylic acids is 1. The van der Waals surface area contributed by atoms with Crippen LogP contribution in [0.25, 0.3) is 0 Å². The number of carbonyl (C=O) groups is 9. The van der Waals surface area contributed by atoms with Gasteiger partial charge >= 0.3 is 5.97 Å². The van der Waals surface area contributed by atoms with Crippen LogP contribution < -0.4 is 43.4 Å². The molecule has 0 aliphatic carbocycles. The summed E-state index contributed by atoms with van der Waals surface area (Å²) in [4.78, 5) is 128. The number of amides is 8. The van der Waals surface area contributed by atoms with E-state index in [1.165, 1.54) is 23.8 Å². The third-order valence-corrected chi connectivity index (χ3v) is 9.93. The number of hydrogen-bond donors (Lipinski definition) is 9. The number of fused-ring (bicyclic) bond motifs is 1. The summed E-state index contributed by atoms with van der Waals surface area (Å²) >= 11 is 0. The van der Waals surface area contributed by atoms with Gasteiger partial charge in [0.1, 0.15) is 42.3 Å². The second kappa shape index (κ2) is 23.2. The molecule has 59 heavy (non-hydrogen) atoms. The Morgan fingerprint density at radius 1 is 0.763 bits per heavy atom. The van der Waals surface area contributed by atoms with E-state index in [0.29, 0.717) is 6.42 Å². The Kier molecular flexibility index (Phi) is 19.5. The van der Waals surface area contributed by atoms with Crippen LogP contribution in [0.15, 0.2) is 4.99 Å². The van der Waals surface area contributed by atoms with Crippen molar-refractivity contribution in [2.45, 2.75) is 136 Å². The summed E-state index contributed by atoms with van der Waals surface area (Å²) in [5.41, 5.74) is 10.8. The van der Waals surface area contributed by atoms with E-state index in [1.807, 2.05) is 13.8 Å². The molecule has 0 unspecified atom stereocenters. The fourth-order valence-electron chi connectivity index (χ4n) is 7.08. The van der Waals surface area contributed by atoms with Gasteiger partial charge in [-0.25, -0.2) is 0 Å². The molecule has 8 amide bonds. The predicted molar refractivity (Wildman–Crippen MR) is 216 cm³/mol. The first-order chi connectivity index (χ1) is 27.5. The number of nitrogens with two attached hydrogens (primary N) is 2. The standard InChI is InChI=1S/C38H65N11O10/c1-19(2)15-24-33(55)45-23(11-9-13-41-38(39)40)32(54)42-18-28(50)44-25(17-29(51)52)34(56)47-26(16-20(3)4)36(58)49-14-10-12-27(49)37(59)48(8)30(21(5)6)35(57)43-22(7)31(53)46-24/h19-27,30H,9-18H2,1-8H3,(H,42,54)(H,43,57)(H,44,50)(H,45,55)(H,46,53)(H,47,56)(H,51,52)(H4,39,40,41)/t22-,23-,24-,25-,26-,27+,30-/m0/s1. The first-order valence-corrected chi connectivity index (χ1v) is 20.2. The maximum absolute atomic E-state index is 14.1. The zero-order chi connectivity index (χ0) is 44.7. The van der Waals surface area contributed by atoms with Gasteiger partial charge in [0.2, 0.25) is 47.3 Å². The number of nitrogens with one attached hydrogen (secondary N) is 6. The Hall–Kier alpha value is -5.50. The summed E-state index contributed by atoms with van der Waals surface area (Å²) in [7, 11) is 1.43. The molecule has 2 fully saturated rings. The van der Waals surface area contributed by atoms with Crippen molar-refractivity contribution < 1.29 is 48.3 Å². The minimum atomic E-state index is -1.67. The van der Waals surface area contributed by atoms with E-state index in [0.717, 1.165) is 0 Å². The minimum Gasteiger partial charge on any atom is -0.481 e. The van der Waals surface area contributed by atoms with Gasteiger partial charge in [-0.3, -0.25) is 48.1 Å². The number of likely N-dealkylation sites (N-methyl/N-ethyl adjacent to an activating group) is 1. The highest BCUT2D eigenvalue weighted by Gasteiger charge is 2.43. The summed E-state index contributed by atoms with van der Waals surface area (Å²) < 4.78 is 0. The Balaban J connectivity index is 2.62. The molecule has 2 aliphatic rings. The molecule has 0 saturated carbocycles. The van der Waals surface area contributed by atoms with Gasteiger partial charge in [0.05, 0.1) is 13.0 Å². The summed E-state index contributed by atoms with van der Waals surface area (Å²) in [5, 5.41) is 24.8. The molecule has 0 aromatic heterocycles. The van der Waals surface area contributed by atoms with Crippen molar-refractivity contribution in [3.63, 3.8) is 0 Å². The fourth-order valence-corrected chi connectivity index (χ4v) is 7.08. The number of aliphatic carboxylic acids is 1. The van der Waals surface area contributed by atoms with Crippen LogP contribution in [0.5, 0.6) is 0 Å². The van der Waals surface area contributed by atoms with Gasteiger partial charge in [-0.2, -0.15) is 0 Å². The van der Waals surface area contributed by atoms with Crippen LogP contribution >= 0.6 is 0 Å². The molecule has 2 heterocycles. The van der Waals surface area contributed by atoms with Crippen LogP contribution in [0.1, 0.15) is 93.4 Å². The molecule has 21 nitrogen and oxygen atoms in total. The van der Waals surface area contributed by atoms with Crippen LogP contribution in [0, 0.1) is 17.8 Å². The second-order valence-corrected chi connectivity index (χ2v) is 16.4. The SMILES string of the molecule is CC(C)C[C@@H]1NC(=O)[C@H](C)NC(=O)[C@H](C(C)C)N(C)C(=O)[C@H]2CCCN2C(=O)[C@H](CC(C)C)NC(=O)[C@H](CC(=O)O)NC(=O)CNC(=O)[C@H](CCCN=C(N)N)NC1=O. The van der Waals surface area contributed by atoms with E-state index in [4.69, 9.17) is 11.5 Å². The van der Waals surface area contributed by atoms with Crippen molar-refractivity contribution in [2.24, 2.45) is 34.2 Å². The lowest BCUT2D eigenvalue weighted by Gasteiger charge is -2.36. The van der Waals surface area contributed by atoms with Crippen LogP contribution in [-0.2, 0) is 43.2 Å². The zero-order valence-electron chi connectivity index (χ0n) is 35.5. The summed E-state index contributed by atoms with van der Waals surface area (Å²) in [5.74, 6) is -8.32. The zero-order valence-corrected chi connectivity index (χ0v) is 35.5. The first kappa shape index (κ1) is 49.6. The topological polar surface area (TPSA) is 317 Å². The molecule has 332 valence electrons. The minimum absolute atomic E-state index is 0.0131. The van der Waals surface area contributed by atoms with E-state index in [9.17, 15) is 48.3 Å². The maximum Gasteiger partial charge on any atom is 0.305 e. The molecule has 0 aromatic rings. The quantitative estimate of drug-likeness (QED) is 0.0601. The van der Waals surface area contributed by atoms with Crippen molar-refractivity contribution >= 4 is 59.2 Å². The van der Waals surface area contributed by atoms with Gasteiger partial charge in [-0.1, -0.05) is 41.5 Å². The molecule has 2 saturated heterocycles. The Labute approximate surface area is 345 Å². The van der Waals surface area contributed by atoms with Gasteiger partial charge in [0.25, 0.3) is 0 Å². The van der Waals surface area contributed by atoms with Crippen molar-refractivity contribution in [2.75, 3.05) is 26.7 Å². The van der Waals surface area contributed by atoms with Crippen LogP contribution in [-0.4, -0.2) is 143 Å². The van der Waals surface area contributed by atoms with E-state index >= 15 is 0 Å². The molecule has 0 spiro atoms. The molecular weight excluding hydrogens is 770 g/mol. The van der Waals surface area contributed by atoms with E-state index < -0.39 is 114 Å². The first-order valence-electron chi connectivity index (χ1n) is 20.2. The molecule has 0 radical (unpaired) electrons. The van der Waals surface area contributed by atoms with Crippen molar-refractivity contribution in [3.05, 3.63) is 0 Å². The van der Waals surface area contributed by atoms with E-state index in [1.54, 1.807) is 27.7 Å². The molecule has 2 aliphatic heterocycles. The summed E-state index contributed by atoms with van der Waals surface area (Å²) in [6, 6.07) is -8.58. The number of nitrogens with zero attached hydrogens (tertiary/aromatic N) is 3. The number of carbonyl (C=O) groups excluding carboxylic acids is 8. The second-order valence-electron chi connectivity index (χ2n) is 16.4.